The summed E-state index contributed by atoms with van der Waals surface area (Å²) in [5, 5.41) is 0.711. The van der Waals surface area contributed by atoms with E-state index in [1.807, 2.05) is 61.2 Å². The van der Waals surface area contributed by atoms with Gasteiger partial charge in [0.25, 0.3) is 5.91 Å². The third kappa shape index (κ3) is 5.57. The highest BCUT2D eigenvalue weighted by Crippen LogP contribution is 2.28. The molecule has 27 heavy (non-hydrogen) atoms. The summed E-state index contributed by atoms with van der Waals surface area (Å²) in [6.45, 7) is 8.41. The first-order chi connectivity index (χ1) is 13.1. The van der Waals surface area contributed by atoms with Gasteiger partial charge < -0.3 is 9.64 Å². The molecule has 0 radical (unpaired) electrons. The van der Waals surface area contributed by atoms with E-state index in [0.29, 0.717) is 17.5 Å². The number of likely N-dealkylation sites (tertiary alicyclic amines) is 1. The van der Waals surface area contributed by atoms with Crippen molar-refractivity contribution in [3.63, 3.8) is 0 Å². The van der Waals surface area contributed by atoms with E-state index in [1.165, 1.54) is 0 Å². The number of halogens is 1. The van der Waals surface area contributed by atoms with Gasteiger partial charge in [-0.25, -0.2) is 0 Å². The van der Waals surface area contributed by atoms with Crippen LogP contribution in [-0.4, -0.2) is 31.0 Å². The maximum atomic E-state index is 12.8. The van der Waals surface area contributed by atoms with Crippen LogP contribution >= 0.6 is 11.6 Å². The average molecular weight is 388 g/mol. The van der Waals surface area contributed by atoms with E-state index in [4.69, 9.17) is 16.3 Å². The number of rotatable bonds is 4. The highest BCUT2D eigenvalue weighted by Gasteiger charge is 2.22. The Hall–Kier alpha value is -1.84. The van der Waals surface area contributed by atoms with Crippen LogP contribution in [0.25, 0.3) is 11.1 Å². The number of amides is 1. The lowest BCUT2D eigenvalue weighted by molar-refractivity contribution is 0.0697. The first kappa shape index (κ1) is 21.5. The lowest BCUT2D eigenvalue weighted by Gasteiger charge is -2.30. The van der Waals surface area contributed by atoms with Crippen molar-refractivity contribution in [3.05, 3.63) is 58.6 Å². The molecule has 0 N–H and O–H groups in total. The molecule has 0 atom stereocenters. The third-order valence-electron chi connectivity index (χ3n) is 4.88. The summed E-state index contributed by atoms with van der Waals surface area (Å²) in [7, 11) is 1.67. The van der Waals surface area contributed by atoms with Crippen molar-refractivity contribution >= 4 is 17.5 Å². The molecule has 0 spiro atoms. The lowest BCUT2D eigenvalue weighted by Crippen LogP contribution is -2.37. The Bertz CT molecular complexity index is 735. The smallest absolute Gasteiger partial charge is 0.253 e. The second kappa shape index (κ2) is 10.5. The van der Waals surface area contributed by atoms with Gasteiger partial charge in [-0.05, 0) is 59.7 Å². The molecule has 0 unspecified atom stereocenters. The molecule has 1 aliphatic heterocycles. The molecule has 3 rings (SSSR count). The van der Waals surface area contributed by atoms with Crippen molar-refractivity contribution in [1.29, 1.82) is 0 Å². The Morgan fingerprint density at radius 2 is 1.74 bits per heavy atom. The Morgan fingerprint density at radius 3 is 2.33 bits per heavy atom. The molecule has 2 aromatic rings. The molecular weight excluding hydrogens is 358 g/mol. The topological polar surface area (TPSA) is 29.5 Å². The van der Waals surface area contributed by atoms with Crippen molar-refractivity contribution in [1.82, 2.24) is 4.90 Å². The molecule has 0 bridgehead atoms. The fourth-order valence-corrected chi connectivity index (χ4v) is 3.43. The molecule has 2 aromatic carbocycles. The monoisotopic (exact) mass is 387 g/mol. The molecule has 1 heterocycles. The van der Waals surface area contributed by atoms with Crippen molar-refractivity contribution in [2.24, 2.45) is 5.92 Å². The van der Waals surface area contributed by atoms with Crippen LogP contribution in [0.3, 0.4) is 0 Å². The van der Waals surface area contributed by atoms with E-state index < -0.39 is 0 Å². The number of piperidine rings is 1. The zero-order valence-electron chi connectivity index (χ0n) is 16.8. The normalized spacial score (nSPS) is 14.5. The maximum Gasteiger partial charge on any atom is 0.253 e. The van der Waals surface area contributed by atoms with E-state index in [9.17, 15) is 4.79 Å². The van der Waals surface area contributed by atoms with Gasteiger partial charge in [0.05, 0.1) is 6.61 Å². The zero-order valence-corrected chi connectivity index (χ0v) is 17.6. The minimum atomic E-state index is 0.118. The van der Waals surface area contributed by atoms with Crippen LogP contribution in [0.2, 0.25) is 5.02 Å². The Balaban J connectivity index is 0.00000126. The van der Waals surface area contributed by atoms with E-state index >= 15 is 0 Å². The number of ether oxygens (including phenoxy) is 1. The predicted molar refractivity (Wildman–Crippen MR) is 113 cm³/mol. The Labute approximate surface area is 168 Å². The Kier molecular flexibility index (Phi) is 8.33. The van der Waals surface area contributed by atoms with Crippen LogP contribution in [0.5, 0.6) is 0 Å². The molecular formula is C23H30ClNO2. The summed E-state index contributed by atoms with van der Waals surface area (Å²) in [5.74, 6) is 0.826. The van der Waals surface area contributed by atoms with E-state index in [-0.39, 0.29) is 5.91 Å². The minimum Gasteiger partial charge on any atom is -0.380 e. The predicted octanol–water partition coefficient (Wildman–Crippen LogP) is 6.05. The van der Waals surface area contributed by atoms with E-state index in [1.54, 1.807) is 7.11 Å². The highest BCUT2D eigenvalue weighted by atomic mass is 35.5. The number of benzene rings is 2. The number of carbonyl (C=O) groups excluding carboxylic acids is 1. The number of carbonyl (C=O) groups is 1. The van der Waals surface area contributed by atoms with Gasteiger partial charge >= 0.3 is 0 Å². The molecule has 4 heteroatoms. The van der Waals surface area contributed by atoms with Gasteiger partial charge in [0.1, 0.15) is 0 Å². The maximum absolute atomic E-state index is 12.8. The molecule has 1 saturated heterocycles. The van der Waals surface area contributed by atoms with Gasteiger partial charge in [-0.3, -0.25) is 4.79 Å². The fourth-order valence-electron chi connectivity index (χ4n) is 3.31. The SMILES string of the molecule is CC.COCc1cc(C(=O)N2CCC(C)CC2)ccc1-c1ccc(Cl)cc1. The summed E-state index contributed by atoms with van der Waals surface area (Å²) in [6, 6.07) is 13.6. The number of hydrogen-bond acceptors (Lipinski definition) is 2. The largest absolute Gasteiger partial charge is 0.380 e. The number of nitrogens with zero attached hydrogens (tertiary/aromatic N) is 1. The van der Waals surface area contributed by atoms with Gasteiger partial charge in [-0.15, -0.1) is 0 Å². The average Bonchev–Trinajstić information content (AvgIpc) is 2.70. The summed E-state index contributed by atoms with van der Waals surface area (Å²) >= 11 is 5.99. The summed E-state index contributed by atoms with van der Waals surface area (Å²) in [4.78, 5) is 14.8. The third-order valence-corrected chi connectivity index (χ3v) is 5.13. The van der Waals surface area contributed by atoms with Crippen molar-refractivity contribution in [3.8, 4) is 11.1 Å². The summed E-state index contributed by atoms with van der Waals surface area (Å²) in [6.07, 6.45) is 2.17. The molecule has 0 saturated carbocycles. The van der Waals surface area contributed by atoms with Gasteiger partial charge in [-0.1, -0.05) is 50.6 Å². The molecule has 1 fully saturated rings. The summed E-state index contributed by atoms with van der Waals surface area (Å²) < 4.78 is 5.36. The fraction of sp³-hybridized carbons (Fsp3) is 0.435. The quantitative estimate of drug-likeness (QED) is 0.638. The van der Waals surface area contributed by atoms with E-state index in [0.717, 1.165) is 48.2 Å². The number of methoxy groups -OCH3 is 1. The second-order valence-corrected chi connectivity index (χ2v) is 7.22. The van der Waals surface area contributed by atoms with Crippen LogP contribution in [0.1, 0.15) is 49.5 Å². The van der Waals surface area contributed by atoms with Crippen LogP contribution in [0, 0.1) is 5.92 Å². The molecule has 146 valence electrons. The van der Waals surface area contributed by atoms with Crippen LogP contribution in [0.4, 0.5) is 0 Å². The van der Waals surface area contributed by atoms with Crippen LogP contribution < -0.4 is 0 Å². The molecule has 0 aliphatic carbocycles. The van der Waals surface area contributed by atoms with E-state index in [2.05, 4.69) is 6.92 Å². The van der Waals surface area contributed by atoms with Gasteiger partial charge in [-0.2, -0.15) is 0 Å². The molecule has 0 aromatic heterocycles. The Morgan fingerprint density at radius 1 is 1.11 bits per heavy atom. The summed E-state index contributed by atoms with van der Waals surface area (Å²) in [5.41, 5.74) is 3.89. The lowest BCUT2D eigenvalue weighted by atomic mass is 9.96. The standard InChI is InChI=1S/C21H24ClNO2.C2H6/c1-15-9-11-23(12-10-15)21(24)17-5-8-20(18(13-17)14-25-2)16-3-6-19(22)7-4-16;1-2/h3-8,13,15H,9-12,14H2,1-2H3;1-2H3. The molecule has 3 nitrogen and oxygen atoms in total. The van der Waals surface area contributed by atoms with Crippen molar-refractivity contribution in [2.75, 3.05) is 20.2 Å². The minimum absolute atomic E-state index is 0.118. The van der Waals surface area contributed by atoms with Crippen LogP contribution in [0.15, 0.2) is 42.5 Å². The van der Waals surface area contributed by atoms with Crippen LogP contribution in [-0.2, 0) is 11.3 Å². The second-order valence-electron chi connectivity index (χ2n) is 6.79. The zero-order chi connectivity index (χ0) is 19.8. The van der Waals surface area contributed by atoms with Gasteiger partial charge in [0.15, 0.2) is 0 Å². The van der Waals surface area contributed by atoms with Gasteiger partial charge in [0.2, 0.25) is 0 Å². The highest BCUT2D eigenvalue weighted by molar-refractivity contribution is 6.30. The molecule has 1 amide bonds. The first-order valence-electron chi connectivity index (χ1n) is 9.75. The van der Waals surface area contributed by atoms with Crippen molar-refractivity contribution < 1.29 is 9.53 Å². The van der Waals surface area contributed by atoms with Crippen molar-refractivity contribution in [2.45, 2.75) is 40.2 Å². The first-order valence-corrected chi connectivity index (χ1v) is 10.1. The number of hydrogen-bond donors (Lipinski definition) is 0. The molecule has 1 aliphatic rings. The van der Waals surface area contributed by atoms with Gasteiger partial charge in [0, 0.05) is 30.8 Å².